The molecule has 1 fully saturated rings. The molecule has 1 heterocycles. The second-order valence-corrected chi connectivity index (χ2v) is 8.81. The maximum absolute atomic E-state index is 12.6. The van der Waals surface area contributed by atoms with Gasteiger partial charge in [0.25, 0.3) is 5.91 Å². The van der Waals surface area contributed by atoms with Gasteiger partial charge >= 0.3 is 0 Å². The van der Waals surface area contributed by atoms with E-state index in [4.69, 9.17) is 19.9 Å². The van der Waals surface area contributed by atoms with E-state index in [2.05, 4.69) is 11.8 Å². The van der Waals surface area contributed by atoms with Crippen LogP contribution in [0.4, 0.5) is 0 Å². The van der Waals surface area contributed by atoms with E-state index in [-0.39, 0.29) is 5.56 Å². The molecule has 1 amide bonds. The summed E-state index contributed by atoms with van der Waals surface area (Å²) >= 11 is 0. The average molecular weight is 475 g/mol. The minimum absolute atomic E-state index is 0.203. The van der Waals surface area contributed by atoms with Gasteiger partial charge in [-0.25, -0.2) is 0 Å². The van der Waals surface area contributed by atoms with Crippen LogP contribution < -0.4 is 19.9 Å². The number of likely N-dealkylation sites (N-methyl/N-ethyl adjacent to an activating group) is 1. The summed E-state index contributed by atoms with van der Waals surface area (Å²) < 4.78 is 18.2. The van der Waals surface area contributed by atoms with Crippen molar-refractivity contribution in [2.45, 2.75) is 45.4 Å². The Morgan fingerprint density at radius 1 is 0.971 bits per heavy atom. The summed E-state index contributed by atoms with van der Waals surface area (Å²) in [5, 5.41) is 0. The van der Waals surface area contributed by atoms with Crippen molar-refractivity contribution in [3.63, 3.8) is 0 Å². The molecule has 6 nitrogen and oxygen atoms in total. The Labute approximate surface area is 207 Å². The molecule has 35 heavy (non-hydrogen) atoms. The van der Waals surface area contributed by atoms with Gasteiger partial charge in [0, 0.05) is 11.6 Å². The fourth-order valence-corrected chi connectivity index (χ4v) is 4.78. The number of ether oxygens (including phenoxy) is 3. The molecular formula is C29H34N2O4. The zero-order chi connectivity index (χ0) is 24.6. The molecule has 0 bridgehead atoms. The number of carbonyl (C=O) groups is 1. The molecule has 1 saturated heterocycles. The number of primary amides is 1. The molecule has 1 aliphatic rings. The monoisotopic (exact) mass is 474 g/mol. The summed E-state index contributed by atoms with van der Waals surface area (Å²) in [6.45, 7) is 4.96. The Morgan fingerprint density at radius 3 is 2.17 bits per heavy atom. The highest BCUT2D eigenvalue weighted by molar-refractivity contribution is 5.99. The van der Waals surface area contributed by atoms with Crippen LogP contribution in [-0.2, 0) is 19.6 Å². The molecule has 6 heteroatoms. The normalized spacial score (nSPS) is 15.7. The van der Waals surface area contributed by atoms with Crippen molar-refractivity contribution in [1.82, 2.24) is 4.90 Å². The Morgan fingerprint density at radius 2 is 1.60 bits per heavy atom. The number of nitrogens with zero attached hydrogens (tertiary/aromatic N) is 1. The lowest BCUT2D eigenvalue weighted by Gasteiger charge is -2.26. The van der Waals surface area contributed by atoms with Gasteiger partial charge in [0.15, 0.2) is 11.5 Å². The van der Waals surface area contributed by atoms with Crippen molar-refractivity contribution in [2.24, 2.45) is 5.73 Å². The lowest BCUT2D eigenvalue weighted by Crippen LogP contribution is -2.31. The number of amides is 1. The molecule has 0 aromatic heterocycles. The summed E-state index contributed by atoms with van der Waals surface area (Å²) in [6, 6.07) is 22.1. The number of methoxy groups -OCH3 is 1. The smallest absolute Gasteiger partial charge is 0.256 e. The van der Waals surface area contributed by atoms with Crippen molar-refractivity contribution >= 4 is 5.91 Å². The summed E-state index contributed by atoms with van der Waals surface area (Å²) in [4.78, 5) is 15.1. The molecule has 4 rings (SSSR count). The molecule has 2 N–H and O–H groups in total. The first kappa shape index (κ1) is 24.6. The van der Waals surface area contributed by atoms with Crippen molar-refractivity contribution in [3.05, 3.63) is 89.0 Å². The molecule has 3 aromatic rings. The maximum atomic E-state index is 12.6. The fraction of sp³-hybridized carbons (Fsp3) is 0.345. The topological polar surface area (TPSA) is 74.0 Å². The maximum Gasteiger partial charge on any atom is 0.256 e. The minimum atomic E-state index is -0.614. The highest BCUT2D eigenvalue weighted by Gasteiger charge is 2.29. The zero-order valence-corrected chi connectivity index (χ0v) is 20.5. The van der Waals surface area contributed by atoms with Crippen molar-refractivity contribution < 1.29 is 19.0 Å². The molecule has 0 aliphatic carbocycles. The van der Waals surface area contributed by atoms with Gasteiger partial charge in [-0.05, 0) is 49.5 Å². The van der Waals surface area contributed by atoms with Crippen LogP contribution in [0, 0.1) is 0 Å². The first-order valence-corrected chi connectivity index (χ1v) is 12.2. The van der Waals surface area contributed by atoms with E-state index >= 15 is 0 Å². The first-order chi connectivity index (χ1) is 17.1. The zero-order valence-electron chi connectivity index (χ0n) is 20.5. The average Bonchev–Trinajstić information content (AvgIpc) is 3.34. The van der Waals surface area contributed by atoms with Gasteiger partial charge in [-0.1, -0.05) is 67.6 Å². The molecule has 0 radical (unpaired) electrons. The molecule has 0 spiro atoms. The summed E-state index contributed by atoms with van der Waals surface area (Å²) in [5.74, 6) is 0.689. The van der Waals surface area contributed by atoms with Crippen LogP contribution in [0.2, 0.25) is 0 Å². The van der Waals surface area contributed by atoms with E-state index in [1.165, 1.54) is 13.5 Å². The Kier molecular flexibility index (Phi) is 8.27. The Balaban J connectivity index is 1.73. The van der Waals surface area contributed by atoms with Crippen LogP contribution in [0.25, 0.3) is 0 Å². The van der Waals surface area contributed by atoms with Crippen molar-refractivity contribution in [3.8, 4) is 17.2 Å². The molecule has 1 unspecified atom stereocenters. The second kappa shape index (κ2) is 11.8. The molecule has 1 aliphatic heterocycles. The van der Waals surface area contributed by atoms with Crippen LogP contribution in [0.15, 0.2) is 66.7 Å². The number of carbonyl (C=O) groups excluding carboxylic acids is 1. The van der Waals surface area contributed by atoms with Crippen LogP contribution >= 0.6 is 0 Å². The van der Waals surface area contributed by atoms with Crippen molar-refractivity contribution in [1.29, 1.82) is 0 Å². The predicted octanol–water partition coefficient (Wildman–Crippen LogP) is 4.98. The molecule has 3 aromatic carbocycles. The van der Waals surface area contributed by atoms with E-state index in [1.54, 1.807) is 0 Å². The van der Waals surface area contributed by atoms with E-state index in [0.717, 1.165) is 42.6 Å². The second-order valence-electron chi connectivity index (χ2n) is 8.81. The largest absolute Gasteiger partial charge is 0.492 e. The highest BCUT2D eigenvalue weighted by Crippen LogP contribution is 2.43. The lowest BCUT2D eigenvalue weighted by atomic mass is 9.99. The fourth-order valence-electron chi connectivity index (χ4n) is 4.78. The molecular weight excluding hydrogens is 440 g/mol. The number of rotatable bonds is 11. The number of nitrogens with two attached hydrogens (primary N) is 1. The van der Waals surface area contributed by atoms with Gasteiger partial charge in [-0.3, -0.25) is 4.79 Å². The SMILES string of the molecule is CCN1CCCC1Cc1cc(OCc2ccccc2)c(C(N)=O)c(OC)c1OCc1ccccc1. The van der Waals surface area contributed by atoms with Gasteiger partial charge in [0.1, 0.15) is 24.5 Å². The van der Waals surface area contributed by atoms with Crippen LogP contribution in [-0.4, -0.2) is 37.0 Å². The minimum Gasteiger partial charge on any atom is -0.492 e. The van der Waals surface area contributed by atoms with Gasteiger partial charge in [0.05, 0.1) is 7.11 Å². The predicted molar refractivity (Wildman–Crippen MR) is 137 cm³/mol. The van der Waals surface area contributed by atoms with Gasteiger partial charge in [-0.15, -0.1) is 0 Å². The van der Waals surface area contributed by atoms with E-state index in [1.807, 2.05) is 66.7 Å². The molecule has 0 saturated carbocycles. The summed E-state index contributed by atoms with van der Waals surface area (Å²) in [5.41, 5.74) is 9.02. The molecule has 184 valence electrons. The highest BCUT2D eigenvalue weighted by atomic mass is 16.5. The van der Waals surface area contributed by atoms with Crippen LogP contribution in [0.5, 0.6) is 17.2 Å². The first-order valence-electron chi connectivity index (χ1n) is 12.2. The van der Waals surface area contributed by atoms with E-state index < -0.39 is 5.91 Å². The quantitative estimate of drug-likeness (QED) is 0.424. The third-order valence-corrected chi connectivity index (χ3v) is 6.55. The number of likely N-dealkylation sites (tertiary alicyclic amines) is 1. The standard InChI is InChI=1S/C29H34N2O4/c1-3-31-16-10-15-24(31)17-23-18-25(34-19-21-11-6-4-7-12-21)26(29(30)32)28(33-2)27(23)35-20-22-13-8-5-9-14-22/h4-9,11-14,18,24H,3,10,15-17,19-20H2,1-2H3,(H2,30,32). The number of hydrogen-bond acceptors (Lipinski definition) is 5. The third kappa shape index (κ3) is 5.95. The van der Waals surface area contributed by atoms with Gasteiger partial charge in [0.2, 0.25) is 0 Å². The summed E-state index contributed by atoms with van der Waals surface area (Å²) in [7, 11) is 1.54. The Hall–Kier alpha value is -3.51. The van der Waals surface area contributed by atoms with Crippen LogP contribution in [0.3, 0.4) is 0 Å². The Bertz CT molecular complexity index is 1120. The number of benzene rings is 3. The third-order valence-electron chi connectivity index (χ3n) is 6.55. The van der Waals surface area contributed by atoms with Crippen LogP contribution in [0.1, 0.15) is 46.8 Å². The van der Waals surface area contributed by atoms with Crippen molar-refractivity contribution in [2.75, 3.05) is 20.2 Å². The number of hydrogen-bond donors (Lipinski definition) is 1. The van der Waals surface area contributed by atoms with Gasteiger partial charge in [-0.2, -0.15) is 0 Å². The molecule has 1 atom stereocenters. The summed E-state index contributed by atoms with van der Waals surface area (Å²) in [6.07, 6.45) is 3.06. The van der Waals surface area contributed by atoms with Gasteiger partial charge < -0.3 is 24.8 Å². The van der Waals surface area contributed by atoms with E-state index in [0.29, 0.717) is 36.5 Å². The lowest BCUT2D eigenvalue weighted by molar-refractivity contribution is 0.0991. The van der Waals surface area contributed by atoms with E-state index in [9.17, 15) is 4.79 Å².